The Hall–Kier alpha value is -2.24. The number of halogens is 1. The van der Waals surface area contributed by atoms with Gasteiger partial charge in [-0.25, -0.2) is 4.39 Å². The van der Waals surface area contributed by atoms with Gasteiger partial charge in [-0.2, -0.15) is 4.98 Å². The molecule has 0 unspecified atom stereocenters. The van der Waals surface area contributed by atoms with Gasteiger partial charge in [-0.3, -0.25) is 4.79 Å². The smallest absolute Gasteiger partial charge is 0.227 e. The quantitative estimate of drug-likeness (QED) is 0.790. The Bertz CT molecular complexity index is 868. The summed E-state index contributed by atoms with van der Waals surface area (Å²) in [4.78, 5) is 19.0. The Kier molecular flexibility index (Phi) is 4.02. The fourth-order valence-electron chi connectivity index (χ4n) is 4.78. The third-order valence-corrected chi connectivity index (χ3v) is 6.36. The van der Waals surface area contributed by atoms with Crippen molar-refractivity contribution >= 4 is 11.6 Å². The van der Waals surface area contributed by atoms with Crippen molar-refractivity contribution in [3.8, 4) is 0 Å². The van der Waals surface area contributed by atoms with Gasteiger partial charge in [0.2, 0.25) is 11.8 Å². The molecule has 5 rings (SSSR count). The highest BCUT2D eigenvalue weighted by Gasteiger charge is 2.47. The molecule has 0 saturated heterocycles. The van der Waals surface area contributed by atoms with Gasteiger partial charge in [0.1, 0.15) is 5.82 Å². The predicted molar refractivity (Wildman–Crippen MR) is 98.1 cm³/mol. The van der Waals surface area contributed by atoms with Crippen LogP contribution in [0.1, 0.15) is 74.6 Å². The molecule has 2 aromatic rings. The Morgan fingerprint density at radius 1 is 1.30 bits per heavy atom. The molecular formula is C21H24FN3O2. The van der Waals surface area contributed by atoms with E-state index in [2.05, 4.69) is 10.1 Å². The highest BCUT2D eigenvalue weighted by Crippen LogP contribution is 2.51. The Morgan fingerprint density at radius 2 is 2.11 bits per heavy atom. The number of rotatable bonds is 5. The molecule has 0 N–H and O–H groups in total. The lowest BCUT2D eigenvalue weighted by Crippen LogP contribution is -2.35. The molecular weight excluding hydrogens is 345 g/mol. The van der Waals surface area contributed by atoms with Crippen molar-refractivity contribution in [2.75, 3.05) is 11.4 Å². The predicted octanol–water partition coefficient (Wildman–Crippen LogP) is 4.27. The second-order valence-corrected chi connectivity index (χ2v) is 8.28. The number of benzene rings is 1. The molecule has 2 heterocycles. The van der Waals surface area contributed by atoms with E-state index in [1.165, 1.54) is 6.07 Å². The molecule has 3 aliphatic rings. The SMILES string of the molecule is O=C(CCCc1nc(C2CC2)no1)N1CC2(CCCC2)c2cccc(F)c21. The van der Waals surface area contributed by atoms with Crippen LogP contribution in [-0.2, 0) is 16.6 Å². The normalized spacial score (nSPS) is 20.4. The molecule has 0 bridgehead atoms. The van der Waals surface area contributed by atoms with Crippen LogP contribution < -0.4 is 4.90 Å². The van der Waals surface area contributed by atoms with Crippen molar-refractivity contribution in [1.29, 1.82) is 0 Å². The van der Waals surface area contributed by atoms with Gasteiger partial charge >= 0.3 is 0 Å². The maximum absolute atomic E-state index is 14.6. The number of fused-ring (bicyclic) bond motifs is 2. The lowest BCUT2D eigenvalue weighted by atomic mass is 9.81. The molecule has 142 valence electrons. The summed E-state index contributed by atoms with van der Waals surface area (Å²) in [6.45, 7) is 0.620. The molecule has 2 saturated carbocycles. The number of nitrogens with zero attached hydrogens (tertiary/aromatic N) is 3. The Balaban J connectivity index is 1.27. The number of hydrogen-bond donors (Lipinski definition) is 0. The number of carbonyl (C=O) groups excluding carboxylic acids is 1. The second kappa shape index (κ2) is 6.43. The maximum Gasteiger partial charge on any atom is 0.227 e. The molecule has 1 aromatic heterocycles. The van der Waals surface area contributed by atoms with Crippen LogP contribution >= 0.6 is 0 Å². The second-order valence-electron chi connectivity index (χ2n) is 8.28. The zero-order valence-corrected chi connectivity index (χ0v) is 15.4. The van der Waals surface area contributed by atoms with Crippen LogP contribution in [0.15, 0.2) is 22.7 Å². The molecule has 1 spiro atoms. The van der Waals surface area contributed by atoms with Gasteiger partial charge in [0, 0.05) is 30.7 Å². The van der Waals surface area contributed by atoms with E-state index in [0.717, 1.165) is 49.9 Å². The van der Waals surface area contributed by atoms with Gasteiger partial charge in [-0.15, -0.1) is 0 Å². The van der Waals surface area contributed by atoms with Crippen LogP contribution in [0.4, 0.5) is 10.1 Å². The molecule has 0 radical (unpaired) electrons. The van der Waals surface area contributed by atoms with Crippen molar-refractivity contribution < 1.29 is 13.7 Å². The first-order valence-corrected chi connectivity index (χ1v) is 10.1. The monoisotopic (exact) mass is 369 g/mol. The summed E-state index contributed by atoms with van der Waals surface area (Å²) in [5, 5.41) is 4.01. The summed E-state index contributed by atoms with van der Waals surface area (Å²) >= 11 is 0. The van der Waals surface area contributed by atoms with Gasteiger partial charge in [-0.1, -0.05) is 30.1 Å². The molecule has 2 aliphatic carbocycles. The van der Waals surface area contributed by atoms with E-state index in [0.29, 0.717) is 43.3 Å². The minimum absolute atomic E-state index is 0.00735. The largest absolute Gasteiger partial charge is 0.339 e. The molecule has 2 fully saturated rings. The Morgan fingerprint density at radius 3 is 2.89 bits per heavy atom. The zero-order valence-electron chi connectivity index (χ0n) is 15.4. The highest BCUT2D eigenvalue weighted by atomic mass is 19.1. The maximum atomic E-state index is 14.6. The fourth-order valence-corrected chi connectivity index (χ4v) is 4.78. The average Bonchev–Trinajstić information content (AvgIpc) is 3.10. The standard InChI is InChI=1S/C21H24FN3O2/c22-16-6-3-5-15-19(16)25(13-21(15)11-1-2-12-21)18(26)8-4-7-17-23-20(24-27-17)14-9-10-14/h3,5-6,14H,1-2,4,7-13H2. The number of aromatic nitrogens is 2. The number of carbonyl (C=O) groups is 1. The van der Waals surface area contributed by atoms with Gasteiger partial charge in [0.05, 0.1) is 5.69 Å². The first-order valence-electron chi connectivity index (χ1n) is 10.1. The van der Waals surface area contributed by atoms with Crippen LogP contribution in [0.25, 0.3) is 0 Å². The van der Waals surface area contributed by atoms with Crippen LogP contribution in [0.5, 0.6) is 0 Å². The van der Waals surface area contributed by atoms with E-state index in [1.807, 2.05) is 6.07 Å². The summed E-state index contributed by atoms with van der Waals surface area (Å²) in [7, 11) is 0. The fraction of sp³-hybridized carbons (Fsp3) is 0.571. The van der Waals surface area contributed by atoms with E-state index in [4.69, 9.17) is 4.52 Å². The molecule has 0 atom stereocenters. The minimum atomic E-state index is -0.282. The third kappa shape index (κ3) is 2.95. The van der Waals surface area contributed by atoms with Gasteiger partial charge in [0.15, 0.2) is 5.82 Å². The number of hydrogen-bond acceptors (Lipinski definition) is 4. The van der Waals surface area contributed by atoms with Crippen LogP contribution in [0, 0.1) is 5.82 Å². The van der Waals surface area contributed by atoms with E-state index < -0.39 is 0 Å². The zero-order chi connectivity index (χ0) is 18.4. The van der Waals surface area contributed by atoms with E-state index >= 15 is 0 Å². The molecule has 1 aliphatic heterocycles. The lowest BCUT2D eigenvalue weighted by molar-refractivity contribution is -0.118. The topological polar surface area (TPSA) is 59.2 Å². The molecule has 5 nitrogen and oxygen atoms in total. The first kappa shape index (κ1) is 16.9. The number of amides is 1. The summed E-state index contributed by atoms with van der Waals surface area (Å²) in [6.07, 6.45) is 8.26. The first-order chi connectivity index (χ1) is 13.2. The molecule has 1 aromatic carbocycles. The highest BCUT2D eigenvalue weighted by molar-refractivity contribution is 5.96. The van der Waals surface area contributed by atoms with Gasteiger partial charge < -0.3 is 9.42 Å². The van der Waals surface area contributed by atoms with Crippen LogP contribution in [0.2, 0.25) is 0 Å². The summed E-state index contributed by atoms with van der Waals surface area (Å²) in [5.74, 6) is 1.58. The number of aryl methyl sites for hydroxylation is 1. The third-order valence-electron chi connectivity index (χ3n) is 6.36. The lowest BCUT2D eigenvalue weighted by Gasteiger charge is -2.24. The number of para-hydroxylation sites is 1. The van der Waals surface area contributed by atoms with Crippen molar-refractivity contribution in [1.82, 2.24) is 10.1 Å². The van der Waals surface area contributed by atoms with Crippen LogP contribution in [-0.4, -0.2) is 22.6 Å². The number of anilines is 1. The van der Waals surface area contributed by atoms with Crippen LogP contribution in [0.3, 0.4) is 0 Å². The Labute approximate surface area is 157 Å². The van der Waals surface area contributed by atoms with Crippen molar-refractivity contribution in [3.05, 3.63) is 41.3 Å². The van der Waals surface area contributed by atoms with Gasteiger partial charge in [0.25, 0.3) is 0 Å². The van der Waals surface area contributed by atoms with E-state index in [9.17, 15) is 9.18 Å². The van der Waals surface area contributed by atoms with E-state index in [1.54, 1.807) is 11.0 Å². The van der Waals surface area contributed by atoms with E-state index in [-0.39, 0.29) is 17.1 Å². The molecule has 27 heavy (non-hydrogen) atoms. The van der Waals surface area contributed by atoms with Crippen molar-refractivity contribution in [2.45, 2.75) is 69.1 Å². The molecule has 6 heteroatoms. The molecule has 1 amide bonds. The average molecular weight is 369 g/mol. The van der Waals surface area contributed by atoms with Crippen molar-refractivity contribution in [2.24, 2.45) is 0 Å². The van der Waals surface area contributed by atoms with Crippen molar-refractivity contribution in [3.63, 3.8) is 0 Å². The summed E-state index contributed by atoms with van der Waals surface area (Å²) in [6, 6.07) is 5.25. The summed E-state index contributed by atoms with van der Waals surface area (Å²) < 4.78 is 19.9. The minimum Gasteiger partial charge on any atom is -0.339 e. The van der Waals surface area contributed by atoms with Gasteiger partial charge in [-0.05, 0) is 43.7 Å². The summed E-state index contributed by atoms with van der Waals surface area (Å²) in [5.41, 5.74) is 1.50.